The molecule has 0 atom stereocenters. The summed E-state index contributed by atoms with van der Waals surface area (Å²) in [4.78, 5) is 12.5. The van der Waals surface area contributed by atoms with E-state index in [-0.39, 0.29) is 5.91 Å². The summed E-state index contributed by atoms with van der Waals surface area (Å²) in [6.07, 6.45) is 9.52. The van der Waals surface area contributed by atoms with E-state index in [1.54, 1.807) is 7.11 Å². The standard InChI is InChI=1S/C19H29N3O2/c1-24-18-14-15(19(23)21-16-8-4-2-5-9-16)10-11-17(18)22-13-7-3-6-12-20-22/h10-11,14,16,20H,2-9,12-13H2,1H3,(H,21,23). The predicted octanol–water partition coefficient (Wildman–Crippen LogP) is 3.25. The van der Waals surface area contributed by atoms with Gasteiger partial charge in [-0.1, -0.05) is 25.7 Å². The van der Waals surface area contributed by atoms with Crippen LogP contribution in [0.15, 0.2) is 18.2 Å². The molecule has 132 valence electrons. The molecule has 1 aromatic carbocycles. The number of rotatable bonds is 4. The molecule has 0 bridgehead atoms. The van der Waals surface area contributed by atoms with Crippen molar-refractivity contribution in [3.05, 3.63) is 23.8 Å². The molecule has 1 aliphatic heterocycles. The Morgan fingerprint density at radius 1 is 1.17 bits per heavy atom. The third kappa shape index (κ3) is 4.20. The second kappa shape index (κ2) is 8.38. The van der Waals surface area contributed by atoms with Crippen molar-refractivity contribution in [1.29, 1.82) is 0 Å². The van der Waals surface area contributed by atoms with Crippen LogP contribution in [0.25, 0.3) is 0 Å². The Labute approximate surface area is 144 Å². The molecule has 1 saturated heterocycles. The first kappa shape index (κ1) is 17.1. The van der Waals surface area contributed by atoms with E-state index >= 15 is 0 Å². The number of carbonyl (C=O) groups is 1. The molecule has 1 heterocycles. The van der Waals surface area contributed by atoms with Gasteiger partial charge in [-0.25, -0.2) is 5.43 Å². The van der Waals surface area contributed by atoms with Crippen molar-refractivity contribution in [1.82, 2.24) is 10.7 Å². The maximum absolute atomic E-state index is 12.5. The summed E-state index contributed by atoms with van der Waals surface area (Å²) in [6.45, 7) is 1.94. The minimum Gasteiger partial charge on any atom is -0.495 e. The maximum atomic E-state index is 12.5. The van der Waals surface area contributed by atoms with E-state index in [4.69, 9.17) is 4.74 Å². The van der Waals surface area contributed by atoms with Gasteiger partial charge in [-0.05, 0) is 43.9 Å². The Hall–Kier alpha value is -1.75. The number of hydrazine groups is 1. The molecular formula is C19H29N3O2. The van der Waals surface area contributed by atoms with Crippen molar-refractivity contribution in [3.63, 3.8) is 0 Å². The van der Waals surface area contributed by atoms with Gasteiger partial charge in [0.25, 0.3) is 5.91 Å². The third-order valence-electron chi connectivity index (χ3n) is 5.03. The number of hydrogen-bond donors (Lipinski definition) is 2. The molecule has 1 saturated carbocycles. The lowest BCUT2D eigenvalue weighted by molar-refractivity contribution is 0.0927. The van der Waals surface area contributed by atoms with Crippen LogP contribution in [-0.2, 0) is 0 Å². The van der Waals surface area contributed by atoms with Crippen molar-refractivity contribution < 1.29 is 9.53 Å². The van der Waals surface area contributed by atoms with E-state index in [0.717, 1.165) is 37.4 Å². The molecule has 0 unspecified atom stereocenters. The average Bonchev–Trinajstić information content (AvgIpc) is 2.91. The van der Waals surface area contributed by atoms with E-state index in [0.29, 0.717) is 11.6 Å². The third-order valence-corrected chi connectivity index (χ3v) is 5.03. The zero-order chi connectivity index (χ0) is 16.8. The Balaban J connectivity index is 1.71. The van der Waals surface area contributed by atoms with Crippen LogP contribution in [0.4, 0.5) is 5.69 Å². The number of anilines is 1. The number of carbonyl (C=O) groups excluding carboxylic acids is 1. The van der Waals surface area contributed by atoms with Gasteiger partial charge in [0.2, 0.25) is 0 Å². The van der Waals surface area contributed by atoms with Crippen LogP contribution >= 0.6 is 0 Å². The summed E-state index contributed by atoms with van der Waals surface area (Å²) >= 11 is 0. The zero-order valence-corrected chi connectivity index (χ0v) is 14.6. The molecule has 1 amide bonds. The Morgan fingerprint density at radius 3 is 2.75 bits per heavy atom. The monoisotopic (exact) mass is 331 g/mol. The van der Waals surface area contributed by atoms with Crippen LogP contribution in [0, 0.1) is 0 Å². The van der Waals surface area contributed by atoms with E-state index in [9.17, 15) is 4.79 Å². The second-order valence-corrected chi connectivity index (χ2v) is 6.82. The summed E-state index contributed by atoms with van der Waals surface area (Å²) in [5, 5.41) is 5.32. The first-order valence-electron chi connectivity index (χ1n) is 9.28. The van der Waals surface area contributed by atoms with Crippen molar-refractivity contribution in [2.75, 3.05) is 25.2 Å². The van der Waals surface area contributed by atoms with Gasteiger partial charge < -0.3 is 15.1 Å². The van der Waals surface area contributed by atoms with Gasteiger partial charge in [-0.15, -0.1) is 0 Å². The quantitative estimate of drug-likeness (QED) is 0.889. The van der Waals surface area contributed by atoms with Gasteiger partial charge in [-0.2, -0.15) is 0 Å². The van der Waals surface area contributed by atoms with Gasteiger partial charge in [0.05, 0.1) is 12.8 Å². The normalized spacial score (nSPS) is 19.6. The fourth-order valence-corrected chi connectivity index (χ4v) is 3.63. The van der Waals surface area contributed by atoms with E-state index in [1.807, 2.05) is 18.2 Å². The SMILES string of the molecule is COc1cc(C(=O)NC2CCCCC2)ccc1N1CCCCCN1. The lowest BCUT2D eigenvalue weighted by Gasteiger charge is -2.26. The largest absolute Gasteiger partial charge is 0.495 e. The number of nitrogens with one attached hydrogen (secondary N) is 2. The van der Waals surface area contributed by atoms with Gasteiger partial charge >= 0.3 is 0 Å². The van der Waals surface area contributed by atoms with Crippen LogP contribution in [0.1, 0.15) is 61.7 Å². The second-order valence-electron chi connectivity index (χ2n) is 6.82. The van der Waals surface area contributed by atoms with Gasteiger partial charge in [-0.3, -0.25) is 4.79 Å². The molecule has 0 radical (unpaired) electrons. The zero-order valence-electron chi connectivity index (χ0n) is 14.6. The highest BCUT2D eigenvalue weighted by Gasteiger charge is 2.19. The molecule has 5 heteroatoms. The van der Waals surface area contributed by atoms with Crippen molar-refractivity contribution in [3.8, 4) is 5.75 Å². The molecule has 1 aliphatic carbocycles. The van der Waals surface area contributed by atoms with Gasteiger partial charge in [0.15, 0.2) is 0 Å². The number of ether oxygens (including phenoxy) is 1. The summed E-state index contributed by atoms with van der Waals surface area (Å²) in [7, 11) is 1.67. The summed E-state index contributed by atoms with van der Waals surface area (Å²) < 4.78 is 5.56. The lowest BCUT2D eigenvalue weighted by atomic mass is 9.95. The minimum absolute atomic E-state index is 0.00979. The Bertz CT molecular complexity index is 548. The van der Waals surface area contributed by atoms with E-state index in [2.05, 4.69) is 15.8 Å². The molecule has 24 heavy (non-hydrogen) atoms. The molecule has 0 spiro atoms. The van der Waals surface area contributed by atoms with Crippen LogP contribution in [0.2, 0.25) is 0 Å². The topological polar surface area (TPSA) is 53.6 Å². The molecule has 1 aromatic rings. The smallest absolute Gasteiger partial charge is 0.251 e. The lowest BCUT2D eigenvalue weighted by Crippen LogP contribution is -2.38. The highest BCUT2D eigenvalue weighted by atomic mass is 16.5. The van der Waals surface area contributed by atoms with E-state index in [1.165, 1.54) is 38.5 Å². The first-order valence-corrected chi connectivity index (χ1v) is 9.28. The Morgan fingerprint density at radius 2 is 1.96 bits per heavy atom. The summed E-state index contributed by atoms with van der Waals surface area (Å²) in [5.41, 5.74) is 5.12. The first-order chi connectivity index (χ1) is 11.8. The van der Waals surface area contributed by atoms with Crippen molar-refractivity contribution in [2.24, 2.45) is 0 Å². The minimum atomic E-state index is 0.00979. The number of nitrogens with zero attached hydrogens (tertiary/aromatic N) is 1. The average molecular weight is 331 g/mol. The molecule has 2 fully saturated rings. The number of methoxy groups -OCH3 is 1. The highest BCUT2D eigenvalue weighted by Crippen LogP contribution is 2.29. The maximum Gasteiger partial charge on any atom is 0.251 e. The predicted molar refractivity (Wildman–Crippen MR) is 96.5 cm³/mol. The Kier molecular flexibility index (Phi) is 5.96. The molecule has 5 nitrogen and oxygen atoms in total. The fourth-order valence-electron chi connectivity index (χ4n) is 3.63. The fraction of sp³-hybridized carbons (Fsp3) is 0.632. The van der Waals surface area contributed by atoms with Gasteiger partial charge in [0.1, 0.15) is 5.75 Å². The molecular weight excluding hydrogens is 302 g/mol. The molecule has 2 aliphatic rings. The molecule has 2 N–H and O–H groups in total. The number of hydrogen-bond acceptors (Lipinski definition) is 4. The van der Waals surface area contributed by atoms with Crippen LogP contribution < -0.4 is 20.5 Å². The van der Waals surface area contributed by atoms with Crippen molar-refractivity contribution in [2.45, 2.75) is 57.4 Å². The van der Waals surface area contributed by atoms with E-state index < -0.39 is 0 Å². The van der Waals surface area contributed by atoms with Crippen LogP contribution in [0.3, 0.4) is 0 Å². The summed E-state index contributed by atoms with van der Waals surface area (Å²) in [6, 6.07) is 6.08. The highest BCUT2D eigenvalue weighted by molar-refractivity contribution is 5.95. The van der Waals surface area contributed by atoms with Crippen LogP contribution in [-0.4, -0.2) is 32.1 Å². The number of amides is 1. The van der Waals surface area contributed by atoms with Gasteiger partial charge in [0, 0.05) is 24.7 Å². The van der Waals surface area contributed by atoms with Crippen LogP contribution in [0.5, 0.6) is 5.75 Å². The molecule has 0 aromatic heterocycles. The molecule has 3 rings (SSSR count). The summed E-state index contributed by atoms with van der Waals surface area (Å²) in [5.74, 6) is 0.760. The van der Waals surface area contributed by atoms with Crippen molar-refractivity contribution >= 4 is 11.6 Å². The number of benzene rings is 1.